The molecule has 0 N–H and O–H groups in total. The minimum absolute atomic E-state index is 0.975. The van der Waals surface area contributed by atoms with E-state index in [1.807, 2.05) is 35.1 Å². The van der Waals surface area contributed by atoms with E-state index in [-0.39, 0.29) is 0 Å². The van der Waals surface area contributed by atoms with Crippen molar-refractivity contribution in [2.24, 2.45) is 0 Å². The summed E-state index contributed by atoms with van der Waals surface area (Å²) in [5, 5.41) is 0. The van der Waals surface area contributed by atoms with Gasteiger partial charge in [-0.25, -0.2) is 0 Å². The van der Waals surface area contributed by atoms with Gasteiger partial charge in [0.2, 0.25) is 0 Å². The fraction of sp³-hybridized carbons (Fsp3) is 0.250. The molecule has 0 atom stereocenters. The zero-order chi connectivity index (χ0) is 12.8. The number of aryl methyl sites for hydroxylation is 3. The Balaban J connectivity index is 2.02. The van der Waals surface area contributed by atoms with Gasteiger partial charge < -0.3 is 3.07 Å². The van der Waals surface area contributed by atoms with Gasteiger partial charge in [-0.1, -0.05) is 49.4 Å². The molecule has 0 fully saturated rings. The van der Waals surface area contributed by atoms with Gasteiger partial charge in [0.05, 0.1) is 0 Å². The molecule has 0 aromatic heterocycles. The Hall–Kier alpha value is -1.03. The highest BCUT2D eigenvalue weighted by atomic mass is 127. The molecule has 2 aromatic rings. The Bertz CT molecular complexity index is 491. The molecular formula is C16H17IO. The molecular weight excluding hydrogens is 335 g/mol. The van der Waals surface area contributed by atoms with Crippen molar-refractivity contribution in [2.45, 2.75) is 26.2 Å². The van der Waals surface area contributed by atoms with E-state index in [9.17, 15) is 0 Å². The number of para-hydroxylation sites is 1. The predicted octanol–water partition coefficient (Wildman–Crippen LogP) is 4.76. The summed E-state index contributed by atoms with van der Waals surface area (Å²) >= 11 is 1.94. The van der Waals surface area contributed by atoms with Crippen molar-refractivity contribution in [3.63, 3.8) is 0 Å². The fourth-order valence-corrected chi connectivity index (χ4v) is 2.44. The molecule has 2 rings (SSSR count). The van der Waals surface area contributed by atoms with Crippen LogP contribution in [0.3, 0.4) is 0 Å². The van der Waals surface area contributed by atoms with Crippen molar-refractivity contribution in [1.29, 1.82) is 0 Å². The van der Waals surface area contributed by atoms with Crippen molar-refractivity contribution in [2.75, 3.05) is 0 Å². The van der Waals surface area contributed by atoms with E-state index in [1.54, 1.807) is 0 Å². The second-order valence-corrected chi connectivity index (χ2v) is 4.80. The molecule has 94 valence electrons. The van der Waals surface area contributed by atoms with E-state index >= 15 is 0 Å². The second-order valence-electron chi connectivity index (χ2n) is 4.35. The van der Waals surface area contributed by atoms with Crippen LogP contribution in [0.2, 0.25) is 0 Å². The summed E-state index contributed by atoms with van der Waals surface area (Å²) in [7, 11) is 0. The zero-order valence-electron chi connectivity index (χ0n) is 10.5. The van der Waals surface area contributed by atoms with Crippen LogP contribution in [0.15, 0.2) is 48.5 Å². The van der Waals surface area contributed by atoms with Gasteiger partial charge in [0.25, 0.3) is 0 Å². The molecule has 0 saturated heterocycles. The lowest BCUT2D eigenvalue weighted by molar-refractivity contribution is 0.698. The van der Waals surface area contributed by atoms with Gasteiger partial charge in [-0.15, -0.1) is 0 Å². The van der Waals surface area contributed by atoms with Crippen LogP contribution in [-0.2, 0) is 19.3 Å². The van der Waals surface area contributed by atoms with Gasteiger partial charge in [0, 0.05) is 0 Å². The Kier molecular flexibility index (Phi) is 5.05. The number of rotatable bonds is 5. The molecule has 0 spiro atoms. The average Bonchev–Trinajstić information content (AvgIpc) is 2.46. The maximum atomic E-state index is 5.34. The van der Waals surface area contributed by atoms with Gasteiger partial charge in [0.1, 0.15) is 5.75 Å². The highest BCUT2D eigenvalue weighted by molar-refractivity contribution is 14.1. The van der Waals surface area contributed by atoms with Gasteiger partial charge >= 0.3 is 0 Å². The van der Waals surface area contributed by atoms with Gasteiger partial charge in [-0.2, -0.15) is 0 Å². The van der Waals surface area contributed by atoms with Crippen molar-refractivity contribution in [3.05, 3.63) is 65.2 Å². The third kappa shape index (κ3) is 3.48. The molecule has 18 heavy (non-hydrogen) atoms. The maximum Gasteiger partial charge on any atom is 0.192 e. The van der Waals surface area contributed by atoms with Crippen LogP contribution in [0, 0.1) is 0 Å². The van der Waals surface area contributed by atoms with Crippen LogP contribution in [0.25, 0.3) is 0 Å². The van der Waals surface area contributed by atoms with E-state index in [1.165, 1.54) is 16.7 Å². The first-order chi connectivity index (χ1) is 8.83. The van der Waals surface area contributed by atoms with Crippen LogP contribution < -0.4 is 3.07 Å². The number of hydrogen-bond acceptors (Lipinski definition) is 1. The number of hydrogen-bond donors (Lipinski definition) is 0. The lowest BCUT2D eigenvalue weighted by atomic mass is 10.0. The van der Waals surface area contributed by atoms with Gasteiger partial charge in [-0.05, 0) is 42.0 Å². The summed E-state index contributed by atoms with van der Waals surface area (Å²) in [6.45, 7) is 2.18. The zero-order valence-corrected chi connectivity index (χ0v) is 12.7. The van der Waals surface area contributed by atoms with Crippen LogP contribution in [0.1, 0.15) is 23.6 Å². The highest BCUT2D eigenvalue weighted by Gasteiger charge is 2.02. The largest absolute Gasteiger partial charge is 0.427 e. The van der Waals surface area contributed by atoms with E-state index in [0.29, 0.717) is 0 Å². The van der Waals surface area contributed by atoms with E-state index in [0.717, 1.165) is 25.0 Å². The third-order valence-corrected chi connectivity index (χ3v) is 3.64. The van der Waals surface area contributed by atoms with Crippen LogP contribution >= 0.6 is 23.0 Å². The molecule has 2 aromatic carbocycles. The molecule has 0 aliphatic carbocycles. The maximum absolute atomic E-state index is 5.34. The summed E-state index contributed by atoms with van der Waals surface area (Å²) in [5.74, 6) is 0.975. The Morgan fingerprint density at radius 1 is 0.889 bits per heavy atom. The van der Waals surface area contributed by atoms with Crippen LogP contribution in [0.5, 0.6) is 5.75 Å². The van der Waals surface area contributed by atoms with Crippen molar-refractivity contribution >= 4 is 23.0 Å². The number of benzene rings is 2. The van der Waals surface area contributed by atoms with Crippen molar-refractivity contribution in [1.82, 2.24) is 0 Å². The lowest BCUT2D eigenvalue weighted by Crippen LogP contribution is -1.93. The first-order valence-corrected chi connectivity index (χ1v) is 7.16. The van der Waals surface area contributed by atoms with Crippen molar-refractivity contribution < 1.29 is 3.07 Å². The molecule has 0 saturated carbocycles. The van der Waals surface area contributed by atoms with Crippen molar-refractivity contribution in [3.8, 4) is 5.75 Å². The summed E-state index contributed by atoms with van der Waals surface area (Å²) in [4.78, 5) is 0. The normalized spacial score (nSPS) is 10.3. The van der Waals surface area contributed by atoms with Gasteiger partial charge in [-0.3, -0.25) is 0 Å². The molecule has 2 heteroatoms. The minimum atomic E-state index is 0.975. The number of halogens is 1. The molecule has 0 aliphatic heterocycles. The molecule has 0 aliphatic rings. The monoisotopic (exact) mass is 352 g/mol. The van der Waals surface area contributed by atoms with Crippen LogP contribution in [-0.4, -0.2) is 0 Å². The lowest BCUT2D eigenvalue weighted by Gasteiger charge is -2.07. The van der Waals surface area contributed by atoms with Gasteiger partial charge in [0.15, 0.2) is 23.0 Å². The average molecular weight is 352 g/mol. The van der Waals surface area contributed by atoms with E-state index in [4.69, 9.17) is 3.07 Å². The summed E-state index contributed by atoms with van der Waals surface area (Å²) in [6.07, 6.45) is 3.18. The Morgan fingerprint density at radius 2 is 1.56 bits per heavy atom. The molecule has 0 bridgehead atoms. The summed E-state index contributed by atoms with van der Waals surface area (Å²) < 4.78 is 5.34. The summed E-state index contributed by atoms with van der Waals surface area (Å²) in [5.41, 5.74) is 4.05. The fourth-order valence-electron chi connectivity index (χ4n) is 2.01. The smallest absolute Gasteiger partial charge is 0.192 e. The molecule has 0 heterocycles. The quantitative estimate of drug-likeness (QED) is 0.705. The highest BCUT2D eigenvalue weighted by Crippen LogP contribution is 2.21. The summed E-state index contributed by atoms with van der Waals surface area (Å²) in [6, 6.07) is 17.1. The second kappa shape index (κ2) is 6.78. The molecule has 0 radical (unpaired) electrons. The van der Waals surface area contributed by atoms with E-state index < -0.39 is 0 Å². The topological polar surface area (TPSA) is 9.23 Å². The minimum Gasteiger partial charge on any atom is -0.427 e. The molecule has 0 amide bonds. The Labute approximate surface area is 123 Å². The van der Waals surface area contributed by atoms with E-state index in [2.05, 4.69) is 43.3 Å². The first kappa shape index (κ1) is 13.4. The predicted molar refractivity (Wildman–Crippen MR) is 84.3 cm³/mol. The third-order valence-electron chi connectivity index (χ3n) is 3.17. The SMILES string of the molecule is CCc1ccc(CCc2ccccc2OI)cc1. The Morgan fingerprint density at radius 3 is 2.22 bits per heavy atom. The van der Waals surface area contributed by atoms with Crippen LogP contribution in [0.4, 0.5) is 0 Å². The molecule has 1 nitrogen and oxygen atoms in total. The molecule has 0 unspecified atom stereocenters. The first-order valence-electron chi connectivity index (χ1n) is 6.27. The standard InChI is InChI=1S/C16H17IO/c1-2-13-7-9-14(10-8-13)11-12-15-5-3-4-6-16(15)18-17/h3-10H,2,11-12H2,1H3.